The van der Waals surface area contributed by atoms with Gasteiger partial charge in [0.25, 0.3) is 5.91 Å². The van der Waals surface area contributed by atoms with Crippen LogP contribution >= 0.6 is 11.8 Å². The molecule has 0 spiro atoms. The minimum absolute atomic E-state index is 0.109. The van der Waals surface area contributed by atoms with Gasteiger partial charge in [-0.15, -0.1) is 0 Å². The standard InChI is InChI=1S/C18H21N3O3S/c1-13(24-12-15-5-4-10-23-15)18(22)21-14-7-9-20-17(11-14)25-16-6-2-3-8-19-16/h2-3,6-9,11,13,15H,4-5,10,12H2,1H3,(H,20,21,22). The first-order valence-electron chi connectivity index (χ1n) is 8.30. The highest BCUT2D eigenvalue weighted by atomic mass is 32.2. The van der Waals surface area contributed by atoms with Gasteiger partial charge in [-0.05, 0) is 44.0 Å². The Bertz CT molecular complexity index is 693. The maximum absolute atomic E-state index is 12.3. The third-order valence-electron chi connectivity index (χ3n) is 3.77. The molecule has 0 aliphatic carbocycles. The molecule has 0 saturated carbocycles. The number of nitrogens with zero attached hydrogens (tertiary/aromatic N) is 2. The molecule has 3 rings (SSSR count). The zero-order valence-corrected chi connectivity index (χ0v) is 14.9. The molecule has 25 heavy (non-hydrogen) atoms. The van der Waals surface area contributed by atoms with Crippen LogP contribution in [0.25, 0.3) is 0 Å². The molecule has 7 heteroatoms. The Morgan fingerprint density at radius 2 is 2.24 bits per heavy atom. The molecule has 2 aromatic rings. The third-order valence-corrected chi connectivity index (χ3v) is 4.66. The first-order chi connectivity index (χ1) is 12.2. The van der Waals surface area contributed by atoms with E-state index in [0.717, 1.165) is 29.5 Å². The summed E-state index contributed by atoms with van der Waals surface area (Å²) in [7, 11) is 0. The summed E-state index contributed by atoms with van der Waals surface area (Å²) in [6.07, 6.45) is 5.02. The number of pyridine rings is 2. The smallest absolute Gasteiger partial charge is 0.253 e. The maximum atomic E-state index is 12.3. The lowest BCUT2D eigenvalue weighted by molar-refractivity contribution is -0.128. The Morgan fingerprint density at radius 1 is 1.36 bits per heavy atom. The van der Waals surface area contributed by atoms with Gasteiger partial charge in [0.05, 0.1) is 12.7 Å². The molecule has 1 amide bonds. The van der Waals surface area contributed by atoms with E-state index in [1.54, 1.807) is 25.4 Å². The highest BCUT2D eigenvalue weighted by Crippen LogP contribution is 2.25. The van der Waals surface area contributed by atoms with Crippen LogP contribution in [0.1, 0.15) is 19.8 Å². The second-order valence-corrected chi connectivity index (χ2v) is 6.79. The van der Waals surface area contributed by atoms with Gasteiger partial charge in [-0.25, -0.2) is 9.97 Å². The van der Waals surface area contributed by atoms with Crippen LogP contribution in [0.3, 0.4) is 0 Å². The van der Waals surface area contributed by atoms with E-state index in [4.69, 9.17) is 9.47 Å². The second-order valence-electron chi connectivity index (χ2n) is 5.75. The van der Waals surface area contributed by atoms with E-state index >= 15 is 0 Å². The normalized spacial score (nSPS) is 18.0. The SMILES string of the molecule is CC(OCC1CCCO1)C(=O)Nc1ccnc(Sc2ccccn2)c1. The van der Waals surface area contributed by atoms with Crippen molar-refractivity contribution in [1.82, 2.24) is 9.97 Å². The molecular weight excluding hydrogens is 338 g/mol. The topological polar surface area (TPSA) is 73.3 Å². The van der Waals surface area contributed by atoms with Crippen LogP contribution in [0.4, 0.5) is 5.69 Å². The van der Waals surface area contributed by atoms with E-state index in [-0.39, 0.29) is 12.0 Å². The highest BCUT2D eigenvalue weighted by Gasteiger charge is 2.20. The van der Waals surface area contributed by atoms with Gasteiger partial charge < -0.3 is 14.8 Å². The van der Waals surface area contributed by atoms with Crippen molar-refractivity contribution in [3.05, 3.63) is 42.7 Å². The average molecular weight is 359 g/mol. The van der Waals surface area contributed by atoms with Crippen molar-refractivity contribution in [2.75, 3.05) is 18.5 Å². The molecule has 2 aromatic heterocycles. The van der Waals surface area contributed by atoms with Gasteiger partial charge in [-0.1, -0.05) is 17.8 Å². The van der Waals surface area contributed by atoms with Gasteiger partial charge in [0, 0.05) is 24.7 Å². The average Bonchev–Trinajstić information content (AvgIpc) is 3.14. The first kappa shape index (κ1) is 17.8. The van der Waals surface area contributed by atoms with Crippen LogP contribution in [0.15, 0.2) is 52.8 Å². The monoisotopic (exact) mass is 359 g/mol. The molecule has 0 aromatic carbocycles. The molecule has 6 nitrogen and oxygen atoms in total. The number of carbonyl (C=O) groups is 1. The van der Waals surface area contributed by atoms with Crippen molar-refractivity contribution in [1.29, 1.82) is 0 Å². The molecule has 0 radical (unpaired) electrons. The summed E-state index contributed by atoms with van der Waals surface area (Å²) in [5.74, 6) is -0.182. The molecule has 1 aliphatic heterocycles. The molecule has 1 aliphatic rings. The predicted molar refractivity (Wildman–Crippen MR) is 95.6 cm³/mol. The van der Waals surface area contributed by atoms with Gasteiger partial charge in [0.1, 0.15) is 16.2 Å². The van der Waals surface area contributed by atoms with E-state index in [0.29, 0.717) is 12.3 Å². The van der Waals surface area contributed by atoms with E-state index in [1.807, 2.05) is 24.3 Å². The van der Waals surface area contributed by atoms with Crippen LogP contribution < -0.4 is 5.32 Å². The van der Waals surface area contributed by atoms with Crippen LogP contribution in [-0.2, 0) is 14.3 Å². The number of hydrogen-bond donors (Lipinski definition) is 1. The zero-order valence-electron chi connectivity index (χ0n) is 14.1. The lowest BCUT2D eigenvalue weighted by Gasteiger charge is -2.16. The fourth-order valence-corrected chi connectivity index (χ4v) is 3.18. The molecular formula is C18H21N3O3S. The number of nitrogens with one attached hydrogen (secondary N) is 1. The molecule has 1 N–H and O–H groups in total. The lowest BCUT2D eigenvalue weighted by atomic mass is 10.2. The number of amides is 1. The highest BCUT2D eigenvalue weighted by molar-refractivity contribution is 7.99. The number of anilines is 1. The van der Waals surface area contributed by atoms with Crippen LogP contribution in [-0.4, -0.2) is 41.3 Å². The second kappa shape index (κ2) is 8.94. The Balaban J connectivity index is 1.52. The summed E-state index contributed by atoms with van der Waals surface area (Å²) in [4.78, 5) is 20.8. The zero-order chi connectivity index (χ0) is 17.5. The molecule has 3 heterocycles. The van der Waals surface area contributed by atoms with E-state index in [1.165, 1.54) is 11.8 Å². The molecule has 2 atom stereocenters. The van der Waals surface area contributed by atoms with Crippen LogP contribution in [0.5, 0.6) is 0 Å². The first-order valence-corrected chi connectivity index (χ1v) is 9.11. The fourth-order valence-electron chi connectivity index (χ4n) is 2.40. The van der Waals surface area contributed by atoms with E-state index in [2.05, 4.69) is 15.3 Å². The van der Waals surface area contributed by atoms with Crippen molar-refractivity contribution in [2.45, 2.75) is 42.0 Å². The maximum Gasteiger partial charge on any atom is 0.253 e. The van der Waals surface area contributed by atoms with Gasteiger partial charge in [-0.2, -0.15) is 0 Å². The molecule has 0 bridgehead atoms. The van der Waals surface area contributed by atoms with Gasteiger partial charge in [0.15, 0.2) is 0 Å². The summed E-state index contributed by atoms with van der Waals surface area (Å²) in [5.41, 5.74) is 0.686. The van der Waals surface area contributed by atoms with Crippen molar-refractivity contribution in [2.24, 2.45) is 0 Å². The minimum Gasteiger partial charge on any atom is -0.376 e. The van der Waals surface area contributed by atoms with Gasteiger partial charge in [-0.3, -0.25) is 4.79 Å². The molecule has 1 saturated heterocycles. The molecule has 2 unspecified atom stereocenters. The van der Waals surface area contributed by atoms with E-state index in [9.17, 15) is 4.79 Å². The van der Waals surface area contributed by atoms with Crippen LogP contribution in [0, 0.1) is 0 Å². The summed E-state index contributed by atoms with van der Waals surface area (Å²) in [5, 5.41) is 4.49. The van der Waals surface area contributed by atoms with Crippen molar-refractivity contribution in [3.63, 3.8) is 0 Å². The minimum atomic E-state index is -0.538. The summed E-state index contributed by atoms with van der Waals surface area (Å²) >= 11 is 1.44. The van der Waals surface area contributed by atoms with Crippen molar-refractivity contribution in [3.8, 4) is 0 Å². The number of hydrogen-bond acceptors (Lipinski definition) is 6. The van der Waals surface area contributed by atoms with Gasteiger partial charge in [0.2, 0.25) is 0 Å². The summed E-state index contributed by atoms with van der Waals surface area (Å²) in [6, 6.07) is 9.29. The predicted octanol–water partition coefficient (Wildman–Crippen LogP) is 3.15. The Labute approximate surface area is 151 Å². The lowest BCUT2D eigenvalue weighted by Crippen LogP contribution is -2.30. The Kier molecular flexibility index (Phi) is 6.38. The quantitative estimate of drug-likeness (QED) is 0.819. The largest absolute Gasteiger partial charge is 0.376 e. The van der Waals surface area contributed by atoms with Crippen LogP contribution in [0.2, 0.25) is 0 Å². The molecule has 132 valence electrons. The van der Waals surface area contributed by atoms with E-state index < -0.39 is 6.10 Å². The number of carbonyl (C=O) groups excluding carboxylic acids is 1. The summed E-state index contributed by atoms with van der Waals surface area (Å²) in [6.45, 7) is 2.98. The van der Waals surface area contributed by atoms with Crippen molar-refractivity contribution >= 4 is 23.4 Å². The van der Waals surface area contributed by atoms with Crippen molar-refractivity contribution < 1.29 is 14.3 Å². The Hall–Kier alpha value is -1.96. The number of ether oxygens (including phenoxy) is 2. The summed E-state index contributed by atoms with van der Waals surface area (Å²) < 4.78 is 11.1. The number of rotatable bonds is 7. The Morgan fingerprint density at radius 3 is 3.00 bits per heavy atom. The number of aromatic nitrogens is 2. The molecule has 1 fully saturated rings. The van der Waals surface area contributed by atoms with Gasteiger partial charge >= 0.3 is 0 Å². The fraction of sp³-hybridized carbons (Fsp3) is 0.389. The third kappa shape index (κ3) is 5.52.